The molecule has 0 bridgehead atoms. The van der Waals surface area contributed by atoms with Crippen LogP contribution in [0.4, 0.5) is 39.8 Å². The Morgan fingerprint density at radius 2 is 0.782 bits per heavy atom. The van der Waals surface area contributed by atoms with Gasteiger partial charge in [0.1, 0.15) is 0 Å². The zero-order chi connectivity index (χ0) is 37.5. The third kappa shape index (κ3) is 5.11. The summed E-state index contributed by atoms with van der Waals surface area (Å²) in [5.41, 5.74) is 24.0. The third-order valence-electron chi connectivity index (χ3n) is 12.1. The van der Waals surface area contributed by atoms with Crippen molar-refractivity contribution in [1.29, 1.82) is 0 Å². The van der Waals surface area contributed by atoms with E-state index in [1.807, 2.05) is 6.07 Å². The molecule has 10 rings (SSSR count). The van der Waals surface area contributed by atoms with E-state index in [-0.39, 0.29) is 10.8 Å². The molecule has 8 aromatic rings. The lowest BCUT2D eigenvalue weighted by molar-refractivity contribution is 0.660. The average molecular weight is 710 g/mol. The van der Waals surface area contributed by atoms with Crippen LogP contribution in [0, 0.1) is 0 Å². The molecule has 0 heterocycles. The zero-order valence-corrected chi connectivity index (χ0v) is 31.7. The zero-order valence-electron chi connectivity index (χ0n) is 31.7. The predicted molar refractivity (Wildman–Crippen MR) is 233 cm³/mol. The molecular formula is C52H43N3. The molecule has 55 heavy (non-hydrogen) atoms. The minimum atomic E-state index is -0.234. The maximum atomic E-state index is 6.33. The fraction of sp³-hybridized carbons (Fsp3) is 0.115. The fourth-order valence-electron chi connectivity index (χ4n) is 9.31. The van der Waals surface area contributed by atoms with Gasteiger partial charge in [0.05, 0.1) is 5.69 Å². The molecular weight excluding hydrogens is 667 g/mol. The molecule has 0 saturated carbocycles. The van der Waals surface area contributed by atoms with Crippen LogP contribution in [0.15, 0.2) is 176 Å². The number of para-hydroxylation sites is 2. The van der Waals surface area contributed by atoms with Crippen LogP contribution in [0.3, 0.4) is 0 Å². The topological polar surface area (TPSA) is 32.5 Å². The summed E-state index contributed by atoms with van der Waals surface area (Å²) in [7, 11) is 0. The minimum Gasteiger partial charge on any atom is -0.399 e. The number of benzene rings is 8. The molecule has 0 unspecified atom stereocenters. The van der Waals surface area contributed by atoms with Gasteiger partial charge in [-0.1, -0.05) is 125 Å². The Morgan fingerprint density at radius 3 is 1.31 bits per heavy atom. The van der Waals surface area contributed by atoms with Crippen molar-refractivity contribution in [1.82, 2.24) is 0 Å². The SMILES string of the molecule is CC1(C)c2cc(N)ccc2-c2ccc(N(c3ccc4c(c3)C(C)(C)c3cc(N(c5ccccc5)c5ccccc5)ccc3-4)c3cccc4ccccc34)cc21. The molecule has 0 fully saturated rings. The highest BCUT2D eigenvalue weighted by atomic mass is 15.1. The number of nitrogen functional groups attached to an aromatic ring is 1. The molecule has 0 spiro atoms. The molecule has 2 aliphatic rings. The first-order valence-electron chi connectivity index (χ1n) is 19.2. The molecule has 3 nitrogen and oxygen atoms in total. The Kier molecular flexibility index (Phi) is 7.34. The summed E-state index contributed by atoms with van der Waals surface area (Å²) >= 11 is 0. The van der Waals surface area contributed by atoms with Crippen molar-refractivity contribution in [3.8, 4) is 22.3 Å². The highest BCUT2D eigenvalue weighted by Gasteiger charge is 2.38. The number of hydrogen-bond acceptors (Lipinski definition) is 3. The van der Waals surface area contributed by atoms with E-state index in [0.29, 0.717) is 0 Å². The summed E-state index contributed by atoms with van der Waals surface area (Å²) in [6, 6.07) is 64.2. The van der Waals surface area contributed by atoms with Crippen LogP contribution in [0.1, 0.15) is 49.9 Å². The summed E-state index contributed by atoms with van der Waals surface area (Å²) in [5.74, 6) is 0. The highest BCUT2D eigenvalue weighted by Crippen LogP contribution is 2.54. The monoisotopic (exact) mass is 709 g/mol. The Balaban J connectivity index is 1.12. The van der Waals surface area contributed by atoms with Crippen LogP contribution in [0.25, 0.3) is 33.0 Å². The van der Waals surface area contributed by atoms with Gasteiger partial charge in [-0.3, -0.25) is 0 Å². The standard InChI is InChI=1S/C52H43N3/c1-51(2)46-30-35(53)22-26-42(46)43-28-24-39(32-48(43)51)55(50-21-13-15-34-14-11-12-20-41(34)50)40-25-29-45-44-27-23-38(31-47(44)52(3,4)49(45)33-40)54(36-16-7-5-8-17-36)37-18-9-6-10-19-37/h5-33H,53H2,1-4H3. The Bertz CT molecular complexity index is 2740. The molecule has 2 N–H and O–H groups in total. The lowest BCUT2D eigenvalue weighted by Crippen LogP contribution is -2.18. The Hall–Kier alpha value is -6.58. The molecule has 0 amide bonds. The second-order valence-corrected chi connectivity index (χ2v) is 16.1. The summed E-state index contributed by atoms with van der Waals surface area (Å²) in [6.07, 6.45) is 0. The van der Waals surface area contributed by atoms with Gasteiger partial charge in [0.15, 0.2) is 0 Å². The van der Waals surface area contributed by atoms with Crippen molar-refractivity contribution >= 4 is 50.6 Å². The van der Waals surface area contributed by atoms with E-state index in [1.54, 1.807) is 0 Å². The summed E-state index contributed by atoms with van der Waals surface area (Å²) in [4.78, 5) is 4.82. The van der Waals surface area contributed by atoms with Crippen molar-refractivity contribution in [3.63, 3.8) is 0 Å². The summed E-state index contributed by atoms with van der Waals surface area (Å²) in [6.45, 7) is 9.40. The molecule has 0 aromatic heterocycles. The second-order valence-electron chi connectivity index (χ2n) is 16.1. The van der Waals surface area contributed by atoms with Gasteiger partial charge in [0.2, 0.25) is 0 Å². The van der Waals surface area contributed by atoms with Crippen LogP contribution >= 0.6 is 0 Å². The largest absolute Gasteiger partial charge is 0.399 e. The second kappa shape index (κ2) is 12.2. The van der Waals surface area contributed by atoms with Crippen LogP contribution in [-0.2, 0) is 10.8 Å². The van der Waals surface area contributed by atoms with E-state index < -0.39 is 0 Å². The molecule has 266 valence electrons. The first-order valence-corrected chi connectivity index (χ1v) is 19.2. The van der Waals surface area contributed by atoms with Gasteiger partial charge in [-0.25, -0.2) is 0 Å². The van der Waals surface area contributed by atoms with Crippen LogP contribution in [0.2, 0.25) is 0 Å². The van der Waals surface area contributed by atoms with Gasteiger partial charge in [0, 0.05) is 50.3 Å². The first kappa shape index (κ1) is 33.0. The van der Waals surface area contributed by atoms with E-state index in [9.17, 15) is 0 Å². The molecule has 2 aliphatic carbocycles. The number of nitrogens with zero attached hydrogens (tertiary/aromatic N) is 2. The van der Waals surface area contributed by atoms with Crippen molar-refractivity contribution < 1.29 is 0 Å². The van der Waals surface area contributed by atoms with E-state index >= 15 is 0 Å². The fourth-order valence-corrected chi connectivity index (χ4v) is 9.31. The number of fused-ring (bicyclic) bond motifs is 7. The number of nitrogens with two attached hydrogens (primary N) is 1. The van der Waals surface area contributed by atoms with Crippen molar-refractivity contribution in [2.45, 2.75) is 38.5 Å². The van der Waals surface area contributed by atoms with Crippen LogP contribution in [-0.4, -0.2) is 0 Å². The number of anilines is 7. The third-order valence-corrected chi connectivity index (χ3v) is 12.1. The smallest absolute Gasteiger partial charge is 0.0540 e. The molecule has 8 aromatic carbocycles. The molecule has 0 atom stereocenters. The Morgan fingerprint density at radius 1 is 0.364 bits per heavy atom. The van der Waals surface area contributed by atoms with Crippen molar-refractivity contribution in [2.75, 3.05) is 15.5 Å². The minimum absolute atomic E-state index is 0.187. The van der Waals surface area contributed by atoms with Gasteiger partial charge in [-0.05, 0) is 129 Å². The predicted octanol–water partition coefficient (Wildman–Crippen LogP) is 14.0. The first-order chi connectivity index (χ1) is 26.7. The summed E-state index contributed by atoms with van der Waals surface area (Å²) in [5, 5.41) is 2.44. The van der Waals surface area contributed by atoms with Gasteiger partial charge >= 0.3 is 0 Å². The van der Waals surface area contributed by atoms with E-state index in [0.717, 1.165) is 39.8 Å². The maximum absolute atomic E-state index is 6.33. The van der Waals surface area contributed by atoms with Gasteiger partial charge in [-0.2, -0.15) is 0 Å². The van der Waals surface area contributed by atoms with Crippen LogP contribution in [0.5, 0.6) is 0 Å². The lowest BCUT2D eigenvalue weighted by atomic mass is 9.81. The normalized spacial score (nSPS) is 14.2. The molecule has 0 aliphatic heterocycles. The Labute approximate surface area is 323 Å². The van der Waals surface area contributed by atoms with Crippen molar-refractivity contribution in [3.05, 3.63) is 198 Å². The summed E-state index contributed by atoms with van der Waals surface area (Å²) < 4.78 is 0. The molecule has 0 saturated heterocycles. The van der Waals surface area contributed by atoms with Gasteiger partial charge < -0.3 is 15.5 Å². The number of hydrogen-bond donors (Lipinski definition) is 1. The average Bonchev–Trinajstić information content (AvgIpc) is 3.57. The maximum Gasteiger partial charge on any atom is 0.0540 e. The van der Waals surface area contributed by atoms with Gasteiger partial charge in [-0.15, -0.1) is 0 Å². The van der Waals surface area contributed by atoms with Crippen molar-refractivity contribution in [2.24, 2.45) is 0 Å². The molecule has 3 heteroatoms. The molecule has 0 radical (unpaired) electrons. The number of rotatable bonds is 6. The van der Waals surface area contributed by atoms with E-state index in [1.165, 1.54) is 55.3 Å². The highest BCUT2D eigenvalue weighted by molar-refractivity contribution is 6.00. The van der Waals surface area contributed by atoms with Crippen LogP contribution < -0.4 is 15.5 Å². The lowest BCUT2D eigenvalue weighted by Gasteiger charge is -2.30. The van der Waals surface area contributed by atoms with Gasteiger partial charge in [0.25, 0.3) is 0 Å². The quantitative estimate of drug-likeness (QED) is 0.174. The van der Waals surface area contributed by atoms with E-state index in [4.69, 9.17) is 5.73 Å². The van der Waals surface area contributed by atoms with E-state index in [2.05, 4.69) is 207 Å².